The van der Waals surface area contributed by atoms with E-state index in [1.165, 1.54) is 12.8 Å². The normalized spacial score (nSPS) is 19.8. The van der Waals surface area contributed by atoms with Gasteiger partial charge in [-0.2, -0.15) is 0 Å². The lowest BCUT2D eigenvalue weighted by Gasteiger charge is -2.22. The molecule has 1 aromatic carbocycles. The lowest BCUT2D eigenvalue weighted by Crippen LogP contribution is -2.31. The highest BCUT2D eigenvalue weighted by atomic mass is 16.5. The Balaban J connectivity index is 1.78. The van der Waals surface area contributed by atoms with Crippen molar-refractivity contribution in [1.29, 1.82) is 0 Å². The molecule has 0 aromatic heterocycles. The van der Waals surface area contributed by atoms with Crippen molar-refractivity contribution in [2.45, 2.75) is 38.6 Å². The van der Waals surface area contributed by atoms with Gasteiger partial charge in [0.1, 0.15) is 5.75 Å². The minimum atomic E-state index is 0.0112. The van der Waals surface area contributed by atoms with Crippen molar-refractivity contribution in [3.63, 3.8) is 0 Å². The summed E-state index contributed by atoms with van der Waals surface area (Å²) in [5, 5.41) is 6.46. The first-order valence-electron chi connectivity index (χ1n) is 7.83. The Morgan fingerprint density at radius 1 is 1.52 bits per heavy atom. The zero-order valence-electron chi connectivity index (χ0n) is 13.0. The van der Waals surface area contributed by atoms with Gasteiger partial charge in [0.15, 0.2) is 0 Å². The van der Waals surface area contributed by atoms with Gasteiger partial charge >= 0.3 is 0 Å². The Kier molecular flexibility index (Phi) is 6.05. The molecule has 0 aliphatic carbocycles. The van der Waals surface area contributed by atoms with E-state index in [4.69, 9.17) is 4.74 Å². The van der Waals surface area contributed by atoms with Crippen LogP contribution >= 0.6 is 0 Å². The van der Waals surface area contributed by atoms with Crippen LogP contribution in [0.2, 0.25) is 0 Å². The van der Waals surface area contributed by atoms with Gasteiger partial charge in [-0.25, -0.2) is 0 Å². The molecule has 1 aliphatic heterocycles. The topological polar surface area (TPSA) is 50.4 Å². The summed E-state index contributed by atoms with van der Waals surface area (Å²) in [5.41, 5.74) is 1.07. The van der Waals surface area contributed by atoms with Crippen LogP contribution in [-0.2, 0) is 4.79 Å². The van der Waals surface area contributed by atoms with Gasteiger partial charge in [-0.05, 0) is 62.9 Å². The fourth-order valence-electron chi connectivity index (χ4n) is 2.81. The zero-order chi connectivity index (χ0) is 15.1. The van der Waals surface area contributed by atoms with Crippen molar-refractivity contribution in [3.8, 4) is 5.75 Å². The Bertz CT molecular complexity index is 456. The van der Waals surface area contributed by atoms with Crippen LogP contribution in [0.1, 0.15) is 44.2 Å². The summed E-state index contributed by atoms with van der Waals surface area (Å²) in [5.74, 6) is 1.61. The molecule has 4 nitrogen and oxygen atoms in total. The molecule has 2 N–H and O–H groups in total. The summed E-state index contributed by atoms with van der Waals surface area (Å²) >= 11 is 0. The van der Waals surface area contributed by atoms with E-state index in [-0.39, 0.29) is 11.9 Å². The van der Waals surface area contributed by atoms with Gasteiger partial charge in [-0.3, -0.25) is 4.79 Å². The van der Waals surface area contributed by atoms with Crippen molar-refractivity contribution < 1.29 is 9.53 Å². The molecule has 116 valence electrons. The minimum Gasteiger partial charge on any atom is -0.497 e. The van der Waals surface area contributed by atoms with Crippen LogP contribution < -0.4 is 15.4 Å². The van der Waals surface area contributed by atoms with Gasteiger partial charge in [0, 0.05) is 6.42 Å². The van der Waals surface area contributed by atoms with E-state index in [0.717, 1.165) is 30.8 Å². The molecule has 0 bridgehead atoms. The number of amides is 1. The van der Waals surface area contributed by atoms with E-state index in [9.17, 15) is 4.79 Å². The van der Waals surface area contributed by atoms with E-state index in [2.05, 4.69) is 10.6 Å². The number of carbonyl (C=O) groups is 1. The van der Waals surface area contributed by atoms with Crippen molar-refractivity contribution in [2.75, 3.05) is 20.2 Å². The van der Waals surface area contributed by atoms with Crippen molar-refractivity contribution >= 4 is 5.91 Å². The first-order chi connectivity index (χ1) is 10.2. The maximum Gasteiger partial charge on any atom is 0.220 e. The Hall–Kier alpha value is -1.55. The Morgan fingerprint density at radius 2 is 2.38 bits per heavy atom. The molecule has 2 rings (SSSR count). The molecule has 1 amide bonds. The van der Waals surface area contributed by atoms with Crippen LogP contribution in [0.3, 0.4) is 0 Å². The number of nitrogens with one attached hydrogen (secondary N) is 2. The first kappa shape index (κ1) is 15.8. The fourth-order valence-corrected chi connectivity index (χ4v) is 2.81. The zero-order valence-corrected chi connectivity index (χ0v) is 13.0. The number of rotatable bonds is 6. The average molecular weight is 290 g/mol. The second-order valence-electron chi connectivity index (χ2n) is 5.82. The fraction of sp³-hybridized carbons (Fsp3) is 0.588. The molecular weight excluding hydrogens is 264 g/mol. The maximum absolute atomic E-state index is 12.1. The number of hydrogen-bond acceptors (Lipinski definition) is 3. The predicted molar refractivity (Wildman–Crippen MR) is 84.4 cm³/mol. The monoisotopic (exact) mass is 290 g/mol. The number of carbonyl (C=O) groups excluding carboxylic acids is 1. The van der Waals surface area contributed by atoms with Crippen LogP contribution in [-0.4, -0.2) is 26.1 Å². The molecule has 1 fully saturated rings. The summed E-state index contributed by atoms with van der Waals surface area (Å²) in [6.45, 7) is 4.18. The van der Waals surface area contributed by atoms with Crippen molar-refractivity contribution in [1.82, 2.24) is 10.6 Å². The summed E-state index contributed by atoms with van der Waals surface area (Å²) in [6.07, 6.45) is 4.06. The molecular formula is C17H26N2O2. The molecule has 21 heavy (non-hydrogen) atoms. The smallest absolute Gasteiger partial charge is 0.220 e. The Labute approximate surface area is 127 Å². The van der Waals surface area contributed by atoms with E-state index < -0.39 is 0 Å². The number of benzene rings is 1. The Morgan fingerprint density at radius 3 is 3.10 bits per heavy atom. The van der Waals surface area contributed by atoms with Gasteiger partial charge in [0.05, 0.1) is 13.2 Å². The number of ether oxygens (including phenoxy) is 1. The van der Waals surface area contributed by atoms with E-state index in [1.54, 1.807) is 7.11 Å². The van der Waals surface area contributed by atoms with Gasteiger partial charge in [-0.15, -0.1) is 0 Å². The van der Waals surface area contributed by atoms with Gasteiger partial charge in [0.2, 0.25) is 5.91 Å². The standard InChI is InChI=1S/C17H26N2O2/c1-13(15-6-3-7-16(11-15)21-2)19-17(20)9-8-14-5-4-10-18-12-14/h3,6-7,11,13-14,18H,4-5,8-10,12H2,1-2H3,(H,19,20)/t13-,14?/m1/s1. The van der Waals surface area contributed by atoms with Crippen LogP contribution in [0, 0.1) is 5.92 Å². The predicted octanol–water partition coefficient (Wildman–Crippen LogP) is 2.65. The molecule has 0 radical (unpaired) electrons. The number of piperidine rings is 1. The van der Waals surface area contributed by atoms with Crippen LogP contribution in [0.15, 0.2) is 24.3 Å². The highest BCUT2D eigenvalue weighted by Gasteiger charge is 2.15. The molecule has 1 saturated heterocycles. The highest BCUT2D eigenvalue weighted by Crippen LogP contribution is 2.20. The quantitative estimate of drug-likeness (QED) is 0.847. The molecule has 4 heteroatoms. The largest absolute Gasteiger partial charge is 0.497 e. The van der Waals surface area contributed by atoms with Crippen molar-refractivity contribution in [2.24, 2.45) is 5.92 Å². The second-order valence-corrected chi connectivity index (χ2v) is 5.82. The average Bonchev–Trinajstić information content (AvgIpc) is 2.54. The van der Waals surface area contributed by atoms with E-state index in [1.807, 2.05) is 31.2 Å². The number of methoxy groups -OCH3 is 1. The molecule has 1 heterocycles. The molecule has 2 atom stereocenters. The maximum atomic E-state index is 12.1. The second kappa shape index (κ2) is 8.03. The van der Waals surface area contributed by atoms with Gasteiger partial charge in [-0.1, -0.05) is 12.1 Å². The molecule has 1 aliphatic rings. The minimum absolute atomic E-state index is 0.0112. The molecule has 0 saturated carbocycles. The SMILES string of the molecule is COc1cccc([C@@H](C)NC(=O)CCC2CCCNC2)c1. The molecule has 0 spiro atoms. The third kappa shape index (κ3) is 5.05. The van der Waals surface area contributed by atoms with E-state index >= 15 is 0 Å². The lowest BCUT2D eigenvalue weighted by molar-refractivity contribution is -0.122. The summed E-state index contributed by atoms with van der Waals surface area (Å²) in [6, 6.07) is 7.85. The summed E-state index contributed by atoms with van der Waals surface area (Å²) < 4.78 is 5.22. The summed E-state index contributed by atoms with van der Waals surface area (Å²) in [7, 11) is 1.65. The van der Waals surface area contributed by atoms with Crippen molar-refractivity contribution in [3.05, 3.63) is 29.8 Å². The molecule has 1 unspecified atom stereocenters. The van der Waals surface area contributed by atoms with E-state index in [0.29, 0.717) is 12.3 Å². The summed E-state index contributed by atoms with van der Waals surface area (Å²) in [4.78, 5) is 12.1. The first-order valence-corrected chi connectivity index (χ1v) is 7.83. The third-order valence-corrected chi connectivity index (χ3v) is 4.15. The number of hydrogen-bond donors (Lipinski definition) is 2. The van der Waals surface area contributed by atoms with Crippen LogP contribution in [0.4, 0.5) is 0 Å². The van der Waals surface area contributed by atoms with Gasteiger partial charge in [0.25, 0.3) is 0 Å². The third-order valence-electron chi connectivity index (χ3n) is 4.15. The van der Waals surface area contributed by atoms with Crippen LogP contribution in [0.5, 0.6) is 5.75 Å². The van der Waals surface area contributed by atoms with Crippen LogP contribution in [0.25, 0.3) is 0 Å². The lowest BCUT2D eigenvalue weighted by atomic mass is 9.94. The highest BCUT2D eigenvalue weighted by molar-refractivity contribution is 5.76. The molecule has 1 aromatic rings. The van der Waals surface area contributed by atoms with Gasteiger partial charge < -0.3 is 15.4 Å².